The van der Waals surface area contributed by atoms with Gasteiger partial charge in [-0.3, -0.25) is 0 Å². The van der Waals surface area contributed by atoms with Crippen LogP contribution in [0.1, 0.15) is 25.0 Å². The van der Waals surface area contributed by atoms with E-state index in [1.165, 1.54) is 71.3 Å². The van der Waals surface area contributed by atoms with Crippen molar-refractivity contribution in [3.05, 3.63) is 126 Å². The van der Waals surface area contributed by atoms with Crippen molar-refractivity contribution < 1.29 is 4.42 Å². The highest BCUT2D eigenvalue weighted by atomic mass is 16.3. The summed E-state index contributed by atoms with van der Waals surface area (Å²) in [5.41, 5.74) is 10.8. The van der Waals surface area contributed by atoms with E-state index in [2.05, 4.69) is 128 Å². The first-order chi connectivity index (χ1) is 19.1. The van der Waals surface area contributed by atoms with Crippen LogP contribution in [0, 0.1) is 0 Å². The van der Waals surface area contributed by atoms with Crippen LogP contribution in [0.15, 0.2) is 120 Å². The molecule has 0 radical (unpaired) electrons. The fraction of sp³-hybridized carbons (Fsp3) is 0.0811. The van der Waals surface area contributed by atoms with Crippen LogP contribution in [0.25, 0.3) is 71.3 Å². The number of para-hydroxylation sites is 2. The molecule has 184 valence electrons. The summed E-state index contributed by atoms with van der Waals surface area (Å²) in [6.07, 6.45) is 0. The molecule has 1 aliphatic rings. The molecule has 2 nitrogen and oxygen atoms in total. The Morgan fingerprint density at radius 1 is 0.513 bits per heavy atom. The van der Waals surface area contributed by atoms with Crippen LogP contribution in [0.5, 0.6) is 0 Å². The second kappa shape index (κ2) is 7.18. The predicted octanol–water partition coefficient (Wildman–Crippen LogP) is 10.1. The van der Waals surface area contributed by atoms with Gasteiger partial charge in [0.2, 0.25) is 0 Å². The molecule has 8 aromatic rings. The van der Waals surface area contributed by atoms with Crippen LogP contribution in [-0.4, -0.2) is 4.57 Å². The number of aromatic nitrogens is 1. The van der Waals surface area contributed by atoms with E-state index in [1.54, 1.807) is 0 Å². The van der Waals surface area contributed by atoms with Crippen LogP contribution >= 0.6 is 0 Å². The second-order valence-corrected chi connectivity index (χ2v) is 11.4. The van der Waals surface area contributed by atoms with Gasteiger partial charge in [-0.15, -0.1) is 0 Å². The number of rotatable bonds is 1. The van der Waals surface area contributed by atoms with Crippen LogP contribution < -0.4 is 0 Å². The Balaban J connectivity index is 1.37. The molecule has 0 spiro atoms. The zero-order valence-electron chi connectivity index (χ0n) is 21.8. The van der Waals surface area contributed by atoms with Gasteiger partial charge in [-0.05, 0) is 81.6 Å². The highest BCUT2D eigenvalue weighted by Crippen LogP contribution is 2.52. The van der Waals surface area contributed by atoms with Crippen LogP contribution in [0.2, 0.25) is 0 Å². The lowest BCUT2D eigenvalue weighted by Crippen LogP contribution is -2.15. The maximum atomic E-state index is 6.30. The molecule has 39 heavy (non-hydrogen) atoms. The highest BCUT2D eigenvalue weighted by Gasteiger charge is 2.37. The normalized spacial score (nSPS) is 14.1. The molecule has 0 N–H and O–H groups in total. The van der Waals surface area contributed by atoms with E-state index in [9.17, 15) is 0 Å². The van der Waals surface area contributed by atoms with Gasteiger partial charge >= 0.3 is 0 Å². The monoisotopic (exact) mass is 499 g/mol. The molecule has 2 heteroatoms. The van der Waals surface area contributed by atoms with Crippen LogP contribution in [0.3, 0.4) is 0 Å². The molecule has 0 saturated heterocycles. The first kappa shape index (κ1) is 21.2. The highest BCUT2D eigenvalue weighted by molar-refractivity contribution is 6.13. The summed E-state index contributed by atoms with van der Waals surface area (Å²) in [6, 6.07) is 42.1. The van der Waals surface area contributed by atoms with E-state index in [0.29, 0.717) is 0 Å². The van der Waals surface area contributed by atoms with E-state index in [-0.39, 0.29) is 5.41 Å². The summed E-state index contributed by atoms with van der Waals surface area (Å²) in [5.74, 6) is 0. The summed E-state index contributed by atoms with van der Waals surface area (Å²) in [7, 11) is 0. The van der Waals surface area contributed by atoms with Crippen molar-refractivity contribution in [1.29, 1.82) is 0 Å². The van der Waals surface area contributed by atoms with Crippen LogP contribution in [0.4, 0.5) is 0 Å². The predicted molar refractivity (Wildman–Crippen MR) is 163 cm³/mol. The Hall–Kier alpha value is -4.82. The Morgan fingerprint density at radius 3 is 2.08 bits per heavy atom. The van der Waals surface area contributed by atoms with Gasteiger partial charge in [-0.25, -0.2) is 0 Å². The van der Waals surface area contributed by atoms with Crippen molar-refractivity contribution in [3.63, 3.8) is 0 Å². The number of furan rings is 1. The number of hydrogen-bond donors (Lipinski definition) is 0. The summed E-state index contributed by atoms with van der Waals surface area (Å²) in [6.45, 7) is 4.70. The van der Waals surface area contributed by atoms with Crippen molar-refractivity contribution in [2.75, 3.05) is 0 Å². The molecule has 0 unspecified atom stereocenters. The maximum Gasteiger partial charge on any atom is 0.135 e. The number of benzene rings is 6. The molecule has 2 aromatic heterocycles. The summed E-state index contributed by atoms with van der Waals surface area (Å²) in [5, 5.41) is 7.45. The van der Waals surface area contributed by atoms with E-state index in [4.69, 9.17) is 4.42 Å². The van der Waals surface area contributed by atoms with E-state index in [0.717, 1.165) is 11.2 Å². The maximum absolute atomic E-state index is 6.30. The lowest BCUT2D eigenvalue weighted by Gasteiger charge is -2.21. The van der Waals surface area contributed by atoms with Crippen LogP contribution in [-0.2, 0) is 5.41 Å². The SMILES string of the molecule is CC1(C)c2cc3oc4ccccc4c3cc2-c2cc3c4ccccc4n(-c4ccc5ccccc5c4)c3cc21. The number of hydrogen-bond acceptors (Lipinski definition) is 1. The first-order valence-electron chi connectivity index (χ1n) is 13.6. The minimum absolute atomic E-state index is 0.142. The van der Waals surface area contributed by atoms with Crippen molar-refractivity contribution >= 4 is 54.5 Å². The first-order valence-corrected chi connectivity index (χ1v) is 13.6. The minimum atomic E-state index is -0.142. The van der Waals surface area contributed by atoms with Gasteiger partial charge in [0.15, 0.2) is 0 Å². The van der Waals surface area contributed by atoms with Gasteiger partial charge in [0.1, 0.15) is 11.2 Å². The fourth-order valence-corrected chi connectivity index (χ4v) is 7.01. The molecular weight excluding hydrogens is 474 g/mol. The quantitative estimate of drug-likeness (QED) is 0.220. The van der Waals surface area contributed by atoms with E-state index < -0.39 is 0 Å². The molecule has 9 rings (SSSR count). The van der Waals surface area contributed by atoms with Gasteiger partial charge in [0, 0.05) is 32.6 Å². The van der Waals surface area contributed by atoms with E-state index >= 15 is 0 Å². The smallest absolute Gasteiger partial charge is 0.135 e. The minimum Gasteiger partial charge on any atom is -0.456 e. The lowest BCUT2D eigenvalue weighted by atomic mass is 9.82. The second-order valence-electron chi connectivity index (χ2n) is 11.4. The Morgan fingerprint density at radius 2 is 1.21 bits per heavy atom. The third kappa shape index (κ3) is 2.71. The Kier molecular flexibility index (Phi) is 3.89. The lowest BCUT2D eigenvalue weighted by molar-refractivity contribution is 0.647. The average Bonchev–Trinajstić information content (AvgIpc) is 3.56. The number of nitrogens with zero attached hydrogens (tertiary/aromatic N) is 1. The molecule has 6 aromatic carbocycles. The topological polar surface area (TPSA) is 18.1 Å². The van der Waals surface area contributed by atoms with Gasteiger partial charge in [-0.2, -0.15) is 0 Å². The molecule has 0 amide bonds. The zero-order valence-corrected chi connectivity index (χ0v) is 21.8. The molecule has 1 aliphatic carbocycles. The largest absolute Gasteiger partial charge is 0.456 e. The Labute approximate surface area is 225 Å². The van der Waals surface area contributed by atoms with E-state index in [1.807, 2.05) is 6.07 Å². The standard InChI is InChI=1S/C37H25NO/c1-37(2)31-20-34-29(18-27(31)28-19-30-26-12-6-8-14-35(26)39-36(30)21-32(28)37)25-11-5-7-13-33(25)38(34)24-16-15-22-9-3-4-10-23(22)17-24/h3-21H,1-2H3. The molecule has 2 heterocycles. The van der Waals surface area contributed by atoms with Crippen molar-refractivity contribution in [2.24, 2.45) is 0 Å². The van der Waals surface area contributed by atoms with Crippen molar-refractivity contribution in [3.8, 4) is 16.8 Å². The Bertz CT molecular complexity index is 2310. The summed E-state index contributed by atoms with van der Waals surface area (Å²) < 4.78 is 8.74. The third-order valence-electron chi connectivity index (χ3n) is 8.96. The van der Waals surface area contributed by atoms with Gasteiger partial charge in [0.05, 0.1) is 11.0 Å². The molecule has 0 fully saturated rings. The van der Waals surface area contributed by atoms with Crippen molar-refractivity contribution in [1.82, 2.24) is 4.57 Å². The zero-order chi connectivity index (χ0) is 25.9. The summed E-state index contributed by atoms with van der Waals surface area (Å²) in [4.78, 5) is 0. The van der Waals surface area contributed by atoms with Gasteiger partial charge in [-0.1, -0.05) is 80.6 Å². The average molecular weight is 500 g/mol. The fourth-order valence-electron chi connectivity index (χ4n) is 7.01. The van der Waals surface area contributed by atoms with Gasteiger partial charge < -0.3 is 8.98 Å². The molecular formula is C37H25NO. The molecule has 0 bridgehead atoms. The summed E-state index contributed by atoms with van der Waals surface area (Å²) >= 11 is 0. The van der Waals surface area contributed by atoms with Crippen molar-refractivity contribution in [2.45, 2.75) is 19.3 Å². The molecule has 0 aliphatic heterocycles. The van der Waals surface area contributed by atoms with Gasteiger partial charge in [0.25, 0.3) is 0 Å². The number of fused-ring (bicyclic) bond motifs is 10. The third-order valence-corrected chi connectivity index (χ3v) is 8.96. The molecule has 0 saturated carbocycles. The molecule has 0 atom stereocenters.